The second-order valence-electron chi connectivity index (χ2n) is 13.5. The van der Waals surface area contributed by atoms with Gasteiger partial charge < -0.3 is 14.4 Å². The SMILES string of the molecule is Cc1ccc(-c2cc(CCC(CC3CCN(C(=O)OC(C)(C)C)C3)C(=O)OC(C)(C)C)nn2-c2ccc(C#N)cc2)cc1. The van der Waals surface area contributed by atoms with E-state index in [4.69, 9.17) is 14.6 Å². The lowest BCUT2D eigenvalue weighted by Gasteiger charge is -2.26. The lowest BCUT2D eigenvalue weighted by atomic mass is 9.89. The van der Waals surface area contributed by atoms with Gasteiger partial charge in [0.2, 0.25) is 0 Å². The summed E-state index contributed by atoms with van der Waals surface area (Å²) >= 11 is 0. The van der Waals surface area contributed by atoms with Crippen LogP contribution in [0.25, 0.3) is 16.9 Å². The Labute approximate surface area is 255 Å². The molecule has 0 spiro atoms. The predicted octanol–water partition coefficient (Wildman–Crippen LogP) is 7.26. The average Bonchev–Trinajstić information content (AvgIpc) is 3.57. The van der Waals surface area contributed by atoms with Crippen LogP contribution in [-0.4, -0.2) is 51.0 Å². The monoisotopic (exact) mass is 584 g/mol. The molecule has 3 aromatic rings. The Balaban J connectivity index is 1.54. The van der Waals surface area contributed by atoms with Gasteiger partial charge in [-0.25, -0.2) is 9.48 Å². The van der Waals surface area contributed by atoms with Gasteiger partial charge in [-0.15, -0.1) is 0 Å². The number of hydrogen-bond donors (Lipinski definition) is 0. The number of carbonyl (C=O) groups is 2. The molecule has 0 saturated carbocycles. The Kier molecular flexibility index (Phi) is 9.64. The number of carbonyl (C=O) groups excluding carboxylic acids is 2. The number of amides is 1. The number of likely N-dealkylation sites (tertiary alicyclic amines) is 1. The van der Waals surface area contributed by atoms with Crippen molar-refractivity contribution >= 4 is 12.1 Å². The molecular weight excluding hydrogens is 540 g/mol. The van der Waals surface area contributed by atoms with E-state index in [0.717, 1.165) is 29.1 Å². The van der Waals surface area contributed by atoms with Crippen LogP contribution in [0.2, 0.25) is 0 Å². The minimum absolute atomic E-state index is 0.185. The maximum absolute atomic E-state index is 13.4. The summed E-state index contributed by atoms with van der Waals surface area (Å²) in [6.45, 7) is 14.5. The van der Waals surface area contributed by atoms with E-state index in [2.05, 4.69) is 43.3 Å². The third-order valence-electron chi connectivity index (χ3n) is 7.39. The zero-order valence-corrected chi connectivity index (χ0v) is 26.5. The van der Waals surface area contributed by atoms with Gasteiger partial charge in [0.05, 0.1) is 34.6 Å². The largest absolute Gasteiger partial charge is 0.460 e. The number of aromatic nitrogens is 2. The molecule has 1 aliphatic rings. The smallest absolute Gasteiger partial charge is 0.410 e. The summed E-state index contributed by atoms with van der Waals surface area (Å²) in [5.74, 6) is -0.358. The van der Waals surface area contributed by atoms with Gasteiger partial charge in [0, 0.05) is 18.7 Å². The molecule has 0 N–H and O–H groups in total. The second kappa shape index (κ2) is 13.0. The van der Waals surface area contributed by atoms with Crippen molar-refractivity contribution in [1.82, 2.24) is 14.7 Å². The van der Waals surface area contributed by atoms with Gasteiger partial charge in [-0.2, -0.15) is 10.4 Å². The van der Waals surface area contributed by atoms with Crippen LogP contribution in [-0.2, 0) is 20.7 Å². The number of ether oxygens (including phenoxy) is 2. The zero-order chi connectivity index (χ0) is 31.4. The maximum atomic E-state index is 13.4. The fraction of sp³-hybridized carbons (Fsp3) is 0.486. The van der Waals surface area contributed by atoms with Crippen molar-refractivity contribution in [3.63, 3.8) is 0 Å². The van der Waals surface area contributed by atoms with E-state index in [1.807, 2.05) is 58.4 Å². The first-order chi connectivity index (χ1) is 20.2. The third kappa shape index (κ3) is 8.93. The maximum Gasteiger partial charge on any atom is 0.410 e. The summed E-state index contributed by atoms with van der Waals surface area (Å²) in [5.41, 5.74) is 4.32. The van der Waals surface area contributed by atoms with E-state index in [-0.39, 0.29) is 23.9 Å². The number of esters is 1. The molecular formula is C35H44N4O4. The lowest BCUT2D eigenvalue weighted by Crippen LogP contribution is -2.35. The van der Waals surface area contributed by atoms with E-state index in [1.54, 1.807) is 17.0 Å². The second-order valence-corrected chi connectivity index (χ2v) is 13.5. The molecule has 2 aromatic carbocycles. The van der Waals surface area contributed by atoms with Gasteiger partial charge in [-0.1, -0.05) is 29.8 Å². The molecule has 0 radical (unpaired) electrons. The summed E-state index contributed by atoms with van der Waals surface area (Å²) in [5, 5.41) is 14.2. The van der Waals surface area contributed by atoms with E-state index >= 15 is 0 Å². The standard InChI is InChI=1S/C35H44N4O4/c1-24-8-12-27(13-9-24)31-21-29(37-39(31)30-16-10-25(22-36)11-17-30)15-14-28(32(40)42-34(2,3)4)20-26-18-19-38(23-26)33(41)43-35(5,6)7/h8-13,16-17,21,26,28H,14-15,18-20,23H2,1-7H3. The molecule has 8 heteroatoms. The average molecular weight is 585 g/mol. The third-order valence-corrected chi connectivity index (χ3v) is 7.39. The van der Waals surface area contributed by atoms with Crippen molar-refractivity contribution in [3.05, 3.63) is 71.4 Å². The van der Waals surface area contributed by atoms with Crippen LogP contribution >= 0.6 is 0 Å². The Bertz CT molecular complexity index is 1450. The molecule has 1 fully saturated rings. The first-order valence-electron chi connectivity index (χ1n) is 15.1. The molecule has 0 bridgehead atoms. The van der Waals surface area contributed by atoms with Crippen LogP contribution in [0.5, 0.6) is 0 Å². The molecule has 1 aliphatic heterocycles. The predicted molar refractivity (Wildman–Crippen MR) is 167 cm³/mol. The fourth-order valence-corrected chi connectivity index (χ4v) is 5.32. The first kappa shape index (κ1) is 31.8. The highest BCUT2D eigenvalue weighted by atomic mass is 16.6. The molecule has 4 rings (SSSR count). The Morgan fingerprint density at radius 2 is 1.65 bits per heavy atom. The zero-order valence-electron chi connectivity index (χ0n) is 26.5. The normalized spacial score (nSPS) is 16.0. The minimum Gasteiger partial charge on any atom is -0.460 e. The highest BCUT2D eigenvalue weighted by Crippen LogP contribution is 2.30. The van der Waals surface area contributed by atoms with Gasteiger partial charge in [-0.3, -0.25) is 4.79 Å². The van der Waals surface area contributed by atoms with Crippen molar-refractivity contribution in [3.8, 4) is 23.0 Å². The number of aryl methyl sites for hydroxylation is 2. The molecule has 2 unspecified atom stereocenters. The summed E-state index contributed by atoms with van der Waals surface area (Å²) in [7, 11) is 0. The van der Waals surface area contributed by atoms with Crippen molar-refractivity contribution < 1.29 is 19.1 Å². The van der Waals surface area contributed by atoms with Gasteiger partial charge in [0.25, 0.3) is 0 Å². The van der Waals surface area contributed by atoms with E-state index in [9.17, 15) is 14.9 Å². The van der Waals surface area contributed by atoms with Crippen molar-refractivity contribution in [2.75, 3.05) is 13.1 Å². The number of hydrogen-bond acceptors (Lipinski definition) is 6. The van der Waals surface area contributed by atoms with E-state index in [1.165, 1.54) is 5.56 Å². The van der Waals surface area contributed by atoms with Crippen molar-refractivity contribution in [2.45, 2.75) is 85.4 Å². The minimum atomic E-state index is -0.594. The van der Waals surface area contributed by atoms with Crippen LogP contribution < -0.4 is 0 Å². The summed E-state index contributed by atoms with van der Waals surface area (Å²) in [4.78, 5) is 27.8. The van der Waals surface area contributed by atoms with Gasteiger partial charge >= 0.3 is 12.1 Å². The molecule has 0 aliphatic carbocycles. The molecule has 43 heavy (non-hydrogen) atoms. The Morgan fingerprint density at radius 3 is 2.26 bits per heavy atom. The molecule has 228 valence electrons. The fourth-order valence-electron chi connectivity index (χ4n) is 5.32. The van der Waals surface area contributed by atoms with Crippen LogP contribution in [0.15, 0.2) is 54.6 Å². The molecule has 1 amide bonds. The summed E-state index contributed by atoms with van der Waals surface area (Å²) in [6.07, 6.45) is 2.32. The number of nitriles is 1. The summed E-state index contributed by atoms with van der Waals surface area (Å²) < 4.78 is 13.3. The quantitative estimate of drug-likeness (QED) is 0.259. The lowest BCUT2D eigenvalue weighted by molar-refractivity contribution is -0.160. The van der Waals surface area contributed by atoms with Gasteiger partial charge in [0.15, 0.2) is 0 Å². The van der Waals surface area contributed by atoms with Crippen molar-refractivity contribution in [2.24, 2.45) is 11.8 Å². The number of benzene rings is 2. The van der Waals surface area contributed by atoms with Crippen LogP contribution in [0.1, 0.15) is 77.6 Å². The number of nitrogens with zero attached hydrogens (tertiary/aromatic N) is 4. The molecule has 1 saturated heterocycles. The van der Waals surface area contributed by atoms with Gasteiger partial charge in [-0.05, 0) is 110 Å². The number of rotatable bonds is 8. The van der Waals surface area contributed by atoms with Crippen LogP contribution in [0.4, 0.5) is 4.79 Å². The molecule has 2 heterocycles. The highest BCUT2D eigenvalue weighted by molar-refractivity contribution is 5.73. The van der Waals surface area contributed by atoms with E-state index < -0.39 is 11.2 Å². The van der Waals surface area contributed by atoms with Crippen molar-refractivity contribution in [1.29, 1.82) is 5.26 Å². The van der Waals surface area contributed by atoms with Crippen LogP contribution in [0, 0.1) is 30.1 Å². The Morgan fingerprint density at radius 1 is 1.00 bits per heavy atom. The van der Waals surface area contributed by atoms with Crippen LogP contribution in [0.3, 0.4) is 0 Å². The first-order valence-corrected chi connectivity index (χ1v) is 15.1. The van der Waals surface area contributed by atoms with E-state index in [0.29, 0.717) is 37.9 Å². The Hall–Kier alpha value is -4.12. The topological polar surface area (TPSA) is 97.4 Å². The highest BCUT2D eigenvalue weighted by Gasteiger charge is 2.34. The molecule has 1 aromatic heterocycles. The molecule has 8 nitrogen and oxygen atoms in total. The summed E-state index contributed by atoms with van der Waals surface area (Å²) in [6, 6.07) is 19.9. The van der Waals surface area contributed by atoms with Gasteiger partial charge in [0.1, 0.15) is 11.2 Å². The molecule has 2 atom stereocenters.